The maximum absolute atomic E-state index is 11.8. The van der Waals surface area contributed by atoms with Gasteiger partial charge in [-0.3, -0.25) is 14.4 Å². The Morgan fingerprint density at radius 1 is 1.48 bits per heavy atom. The summed E-state index contributed by atoms with van der Waals surface area (Å²) in [7, 11) is 0. The number of hydrogen-bond donors (Lipinski definition) is 3. The summed E-state index contributed by atoms with van der Waals surface area (Å²) in [5, 5.41) is 14.4. The second kappa shape index (κ2) is 5.99. The topological polar surface area (TPSA) is 109 Å². The summed E-state index contributed by atoms with van der Waals surface area (Å²) < 4.78 is 4.90. The van der Waals surface area contributed by atoms with Crippen molar-refractivity contribution in [1.29, 1.82) is 0 Å². The highest BCUT2D eigenvalue weighted by atomic mass is 16.4. The molecule has 0 aliphatic heterocycles. The minimum absolute atomic E-state index is 0.124. The number of carbonyl (C=O) groups is 3. The van der Waals surface area contributed by atoms with Crippen LogP contribution in [0.1, 0.15) is 36.7 Å². The Bertz CT molecular complexity index is 540. The van der Waals surface area contributed by atoms with Gasteiger partial charge in [0, 0.05) is 6.04 Å². The van der Waals surface area contributed by atoms with Crippen LogP contribution in [0.3, 0.4) is 0 Å². The van der Waals surface area contributed by atoms with Gasteiger partial charge in [0.2, 0.25) is 5.91 Å². The van der Waals surface area contributed by atoms with Crippen LogP contribution in [0.2, 0.25) is 0 Å². The lowest BCUT2D eigenvalue weighted by molar-refractivity contribution is -0.149. The van der Waals surface area contributed by atoms with Crippen LogP contribution in [0.15, 0.2) is 22.8 Å². The van der Waals surface area contributed by atoms with E-state index in [1.807, 2.05) is 0 Å². The summed E-state index contributed by atoms with van der Waals surface area (Å²) in [6, 6.07) is 2.65. The van der Waals surface area contributed by atoms with Crippen LogP contribution in [0.5, 0.6) is 0 Å². The van der Waals surface area contributed by atoms with Gasteiger partial charge in [0.15, 0.2) is 5.76 Å². The van der Waals surface area contributed by atoms with Gasteiger partial charge in [0.05, 0.1) is 18.2 Å². The minimum Gasteiger partial charge on any atom is -0.481 e. The Morgan fingerprint density at radius 3 is 2.86 bits per heavy atom. The molecular formula is C14H18N2O5. The SMILES string of the molecule is CC1(C(=O)O)CCCC1NC(=O)CNC(=O)c1ccco1. The summed E-state index contributed by atoms with van der Waals surface area (Å²) in [6.07, 6.45) is 3.28. The molecule has 7 nitrogen and oxygen atoms in total. The van der Waals surface area contributed by atoms with Crippen LogP contribution in [-0.2, 0) is 9.59 Å². The Kier molecular flexibility index (Phi) is 4.30. The van der Waals surface area contributed by atoms with E-state index >= 15 is 0 Å². The quantitative estimate of drug-likeness (QED) is 0.743. The van der Waals surface area contributed by atoms with Crippen molar-refractivity contribution in [3.05, 3.63) is 24.2 Å². The molecule has 1 saturated carbocycles. The van der Waals surface area contributed by atoms with Crippen molar-refractivity contribution in [2.45, 2.75) is 32.2 Å². The molecule has 0 spiro atoms. The van der Waals surface area contributed by atoms with Crippen LogP contribution >= 0.6 is 0 Å². The lowest BCUT2D eigenvalue weighted by atomic mass is 9.85. The number of carbonyl (C=O) groups excluding carboxylic acids is 2. The smallest absolute Gasteiger partial charge is 0.311 e. The fourth-order valence-corrected chi connectivity index (χ4v) is 2.55. The molecule has 2 rings (SSSR count). The normalized spacial score (nSPS) is 24.5. The van der Waals surface area contributed by atoms with Crippen molar-refractivity contribution in [3.8, 4) is 0 Å². The average Bonchev–Trinajstić information content (AvgIpc) is 3.07. The molecule has 21 heavy (non-hydrogen) atoms. The molecule has 114 valence electrons. The lowest BCUT2D eigenvalue weighted by Crippen LogP contribution is -2.49. The first-order chi connectivity index (χ1) is 9.93. The minimum atomic E-state index is -0.944. The summed E-state index contributed by atoms with van der Waals surface area (Å²) in [5.74, 6) is -1.68. The first-order valence-corrected chi connectivity index (χ1v) is 6.78. The van der Waals surface area contributed by atoms with Gasteiger partial charge in [-0.15, -0.1) is 0 Å². The monoisotopic (exact) mass is 294 g/mol. The molecule has 1 heterocycles. The van der Waals surface area contributed by atoms with Gasteiger partial charge in [-0.05, 0) is 31.9 Å². The summed E-state index contributed by atoms with van der Waals surface area (Å²) in [6.45, 7) is 1.42. The van der Waals surface area contributed by atoms with E-state index in [4.69, 9.17) is 4.42 Å². The molecule has 0 radical (unpaired) electrons. The molecule has 7 heteroatoms. The molecule has 0 saturated heterocycles. The number of amides is 2. The summed E-state index contributed by atoms with van der Waals surface area (Å²) in [5.41, 5.74) is -0.944. The fourth-order valence-electron chi connectivity index (χ4n) is 2.55. The predicted molar refractivity (Wildman–Crippen MR) is 72.6 cm³/mol. The highest BCUT2D eigenvalue weighted by Gasteiger charge is 2.45. The van der Waals surface area contributed by atoms with Gasteiger partial charge in [-0.1, -0.05) is 6.42 Å². The third-order valence-electron chi connectivity index (χ3n) is 3.94. The summed E-state index contributed by atoms with van der Waals surface area (Å²) in [4.78, 5) is 34.7. The zero-order valence-electron chi connectivity index (χ0n) is 11.7. The zero-order valence-corrected chi connectivity index (χ0v) is 11.7. The van der Waals surface area contributed by atoms with E-state index in [-0.39, 0.29) is 12.3 Å². The number of carboxylic acids is 1. The van der Waals surface area contributed by atoms with Crippen LogP contribution in [-0.4, -0.2) is 35.5 Å². The molecule has 1 aromatic heterocycles. The summed E-state index contributed by atoms with van der Waals surface area (Å²) >= 11 is 0. The van der Waals surface area contributed by atoms with Gasteiger partial charge in [-0.2, -0.15) is 0 Å². The number of rotatable bonds is 5. The standard InChI is InChI=1S/C14H18N2O5/c1-14(13(19)20)6-2-5-10(14)16-11(17)8-15-12(18)9-4-3-7-21-9/h3-4,7,10H,2,5-6,8H2,1H3,(H,15,18)(H,16,17)(H,19,20). The van der Waals surface area contributed by atoms with Crippen LogP contribution in [0, 0.1) is 5.41 Å². The molecule has 1 aromatic rings. The molecule has 1 aliphatic rings. The van der Waals surface area contributed by atoms with E-state index in [0.717, 1.165) is 6.42 Å². The Hall–Kier alpha value is -2.31. The molecule has 1 aliphatic carbocycles. The molecule has 0 aromatic carbocycles. The molecule has 3 N–H and O–H groups in total. The lowest BCUT2D eigenvalue weighted by Gasteiger charge is -2.27. The Morgan fingerprint density at radius 2 is 2.24 bits per heavy atom. The van der Waals surface area contributed by atoms with Crippen molar-refractivity contribution in [3.63, 3.8) is 0 Å². The molecule has 2 unspecified atom stereocenters. The zero-order chi connectivity index (χ0) is 15.5. The van der Waals surface area contributed by atoms with Crippen molar-refractivity contribution in [2.75, 3.05) is 6.54 Å². The molecule has 2 amide bonds. The maximum atomic E-state index is 11.8. The van der Waals surface area contributed by atoms with Gasteiger partial charge in [0.25, 0.3) is 5.91 Å². The van der Waals surface area contributed by atoms with E-state index in [0.29, 0.717) is 12.8 Å². The van der Waals surface area contributed by atoms with E-state index < -0.39 is 29.2 Å². The van der Waals surface area contributed by atoms with Gasteiger partial charge in [0.1, 0.15) is 0 Å². The van der Waals surface area contributed by atoms with E-state index in [1.54, 1.807) is 13.0 Å². The first-order valence-electron chi connectivity index (χ1n) is 6.78. The average molecular weight is 294 g/mol. The number of carboxylic acid groups (broad SMARTS) is 1. The fraction of sp³-hybridized carbons (Fsp3) is 0.500. The molecule has 2 atom stereocenters. The van der Waals surface area contributed by atoms with Crippen molar-refractivity contribution < 1.29 is 23.9 Å². The number of furan rings is 1. The number of hydrogen-bond acceptors (Lipinski definition) is 4. The molecular weight excluding hydrogens is 276 g/mol. The third kappa shape index (κ3) is 3.24. The molecule has 1 fully saturated rings. The predicted octanol–water partition coefficient (Wildman–Crippen LogP) is 0.769. The third-order valence-corrected chi connectivity index (χ3v) is 3.94. The highest BCUT2D eigenvalue weighted by molar-refractivity contribution is 5.94. The second-order valence-corrected chi connectivity index (χ2v) is 5.39. The van der Waals surface area contributed by atoms with Crippen molar-refractivity contribution in [2.24, 2.45) is 5.41 Å². The number of nitrogens with one attached hydrogen (secondary N) is 2. The molecule has 0 bridgehead atoms. The van der Waals surface area contributed by atoms with Crippen LogP contribution in [0.4, 0.5) is 0 Å². The van der Waals surface area contributed by atoms with Gasteiger partial charge < -0.3 is 20.2 Å². The van der Waals surface area contributed by atoms with Crippen molar-refractivity contribution in [1.82, 2.24) is 10.6 Å². The second-order valence-electron chi connectivity index (χ2n) is 5.39. The first kappa shape index (κ1) is 15.1. The van der Waals surface area contributed by atoms with E-state index in [2.05, 4.69) is 10.6 Å². The van der Waals surface area contributed by atoms with Gasteiger partial charge >= 0.3 is 5.97 Å². The van der Waals surface area contributed by atoms with Crippen LogP contribution in [0.25, 0.3) is 0 Å². The van der Waals surface area contributed by atoms with E-state index in [9.17, 15) is 19.5 Å². The van der Waals surface area contributed by atoms with E-state index in [1.165, 1.54) is 12.3 Å². The van der Waals surface area contributed by atoms with Crippen molar-refractivity contribution >= 4 is 17.8 Å². The Labute approximate surface area is 121 Å². The van der Waals surface area contributed by atoms with Crippen LogP contribution < -0.4 is 10.6 Å². The number of aliphatic carboxylic acids is 1. The van der Waals surface area contributed by atoms with Gasteiger partial charge in [-0.25, -0.2) is 0 Å². The highest BCUT2D eigenvalue weighted by Crippen LogP contribution is 2.38. The maximum Gasteiger partial charge on any atom is 0.311 e. The Balaban J connectivity index is 1.85. The largest absolute Gasteiger partial charge is 0.481 e.